The molecule has 1 aromatic heterocycles. The molecule has 2 rings (SSSR count). The molecule has 21 heavy (non-hydrogen) atoms. The number of hydrogen-bond acceptors (Lipinski definition) is 2. The zero-order valence-corrected chi connectivity index (χ0v) is 13.4. The molecule has 112 valence electrons. The van der Waals surface area contributed by atoms with E-state index in [9.17, 15) is 4.79 Å². The maximum absolute atomic E-state index is 12.1. The third-order valence-corrected chi connectivity index (χ3v) is 3.63. The molecule has 0 amide bonds. The molecule has 0 N–H and O–H groups in total. The number of aromatic nitrogens is 1. The predicted octanol–water partition coefficient (Wildman–Crippen LogP) is 3.89. The molecule has 0 saturated carbocycles. The first kappa shape index (κ1) is 15.4. The van der Waals surface area contributed by atoms with E-state index in [0.717, 1.165) is 11.3 Å². The van der Waals surface area contributed by atoms with Crippen LogP contribution in [0.3, 0.4) is 0 Å². The lowest BCUT2D eigenvalue weighted by Gasteiger charge is -2.20. The number of rotatable bonds is 4. The zero-order valence-electron chi connectivity index (χ0n) is 13.4. The molecule has 3 nitrogen and oxygen atoms in total. The van der Waals surface area contributed by atoms with Crippen LogP contribution in [0, 0.1) is 6.92 Å². The van der Waals surface area contributed by atoms with Gasteiger partial charge in [-0.25, -0.2) is 0 Å². The van der Waals surface area contributed by atoms with Crippen molar-refractivity contribution in [3.05, 3.63) is 53.3 Å². The lowest BCUT2D eigenvalue weighted by molar-refractivity contribution is 0.0913. The summed E-state index contributed by atoms with van der Waals surface area (Å²) in [7, 11) is 1.86. The van der Waals surface area contributed by atoms with Gasteiger partial charge in [-0.05, 0) is 41.7 Å². The largest absolute Gasteiger partial charge is 0.485 e. The molecule has 1 heterocycles. The Labute approximate surface area is 126 Å². The van der Waals surface area contributed by atoms with E-state index in [-0.39, 0.29) is 17.8 Å². The van der Waals surface area contributed by atoms with Crippen LogP contribution >= 0.6 is 0 Å². The summed E-state index contributed by atoms with van der Waals surface area (Å²) in [5.41, 5.74) is 3.10. The van der Waals surface area contributed by atoms with Gasteiger partial charge in [-0.2, -0.15) is 0 Å². The molecule has 0 radical (unpaired) electrons. The highest BCUT2D eigenvalue weighted by Gasteiger charge is 2.15. The van der Waals surface area contributed by atoms with Crippen LogP contribution in [0.25, 0.3) is 0 Å². The number of Topliss-reactive ketones (excluding diaryl/α,β-unsaturated/α-hetero) is 1. The summed E-state index contributed by atoms with van der Waals surface area (Å²) in [4.78, 5) is 12.1. The van der Waals surface area contributed by atoms with Crippen molar-refractivity contribution in [2.24, 2.45) is 7.05 Å². The van der Waals surface area contributed by atoms with E-state index in [2.05, 4.69) is 32.9 Å². The Morgan fingerprint density at radius 2 is 1.95 bits per heavy atom. The molecule has 0 bridgehead atoms. The Bertz CT molecular complexity index is 647. The summed E-state index contributed by atoms with van der Waals surface area (Å²) in [6, 6.07) is 9.81. The van der Waals surface area contributed by atoms with E-state index in [1.807, 2.05) is 32.3 Å². The Hall–Kier alpha value is -2.03. The van der Waals surface area contributed by atoms with Crippen molar-refractivity contribution in [2.75, 3.05) is 6.61 Å². The number of carbonyl (C=O) groups is 1. The molecule has 0 saturated heterocycles. The van der Waals surface area contributed by atoms with Gasteiger partial charge in [0, 0.05) is 13.2 Å². The highest BCUT2D eigenvalue weighted by atomic mass is 16.5. The molecule has 0 spiro atoms. The fourth-order valence-corrected chi connectivity index (χ4v) is 2.25. The highest BCUT2D eigenvalue weighted by molar-refractivity contribution is 5.95. The molecule has 0 aliphatic rings. The molecule has 1 aromatic carbocycles. The number of nitrogens with zero attached hydrogens (tertiary/aromatic N) is 1. The van der Waals surface area contributed by atoms with E-state index in [1.165, 1.54) is 5.56 Å². The van der Waals surface area contributed by atoms with Crippen LogP contribution in [0.4, 0.5) is 0 Å². The van der Waals surface area contributed by atoms with Crippen LogP contribution in [0.2, 0.25) is 0 Å². The first-order valence-electron chi connectivity index (χ1n) is 7.17. The van der Waals surface area contributed by atoms with Gasteiger partial charge in [0.15, 0.2) is 6.61 Å². The fourth-order valence-electron chi connectivity index (χ4n) is 2.25. The molecule has 0 aliphatic heterocycles. The van der Waals surface area contributed by atoms with Crippen LogP contribution in [0.15, 0.2) is 36.5 Å². The Morgan fingerprint density at radius 1 is 1.24 bits per heavy atom. The van der Waals surface area contributed by atoms with Gasteiger partial charge < -0.3 is 9.30 Å². The summed E-state index contributed by atoms with van der Waals surface area (Å²) in [5.74, 6) is 0.757. The van der Waals surface area contributed by atoms with Gasteiger partial charge in [0.1, 0.15) is 5.75 Å². The zero-order chi connectivity index (χ0) is 15.6. The summed E-state index contributed by atoms with van der Waals surface area (Å²) >= 11 is 0. The Balaban J connectivity index is 2.07. The van der Waals surface area contributed by atoms with Gasteiger partial charge in [-0.3, -0.25) is 4.79 Å². The summed E-state index contributed by atoms with van der Waals surface area (Å²) < 4.78 is 7.49. The smallest absolute Gasteiger partial charge is 0.216 e. The first-order chi connectivity index (χ1) is 9.79. The third-order valence-electron chi connectivity index (χ3n) is 3.63. The SMILES string of the molecule is Cc1cc(C(C)(C)C)ccc1OCC(=O)c1cccn1C. The molecule has 0 unspecified atom stereocenters. The lowest BCUT2D eigenvalue weighted by atomic mass is 9.86. The summed E-state index contributed by atoms with van der Waals surface area (Å²) in [6.07, 6.45) is 1.86. The second-order valence-corrected chi connectivity index (χ2v) is 6.45. The van der Waals surface area contributed by atoms with Crippen molar-refractivity contribution in [1.29, 1.82) is 0 Å². The average Bonchev–Trinajstić information content (AvgIpc) is 2.82. The quantitative estimate of drug-likeness (QED) is 0.798. The van der Waals surface area contributed by atoms with E-state index >= 15 is 0 Å². The van der Waals surface area contributed by atoms with E-state index < -0.39 is 0 Å². The number of ether oxygens (including phenoxy) is 1. The van der Waals surface area contributed by atoms with Crippen LogP contribution in [-0.2, 0) is 12.5 Å². The van der Waals surface area contributed by atoms with Gasteiger partial charge >= 0.3 is 0 Å². The van der Waals surface area contributed by atoms with E-state index in [1.54, 1.807) is 10.6 Å². The normalized spacial score (nSPS) is 11.5. The Morgan fingerprint density at radius 3 is 2.48 bits per heavy atom. The maximum Gasteiger partial charge on any atom is 0.216 e. The molecule has 0 fully saturated rings. The van der Waals surface area contributed by atoms with Crippen molar-refractivity contribution < 1.29 is 9.53 Å². The van der Waals surface area contributed by atoms with Crippen LogP contribution < -0.4 is 4.74 Å². The van der Waals surface area contributed by atoms with Gasteiger partial charge in [0.2, 0.25) is 5.78 Å². The number of ketones is 1. The average molecular weight is 285 g/mol. The second kappa shape index (κ2) is 5.76. The van der Waals surface area contributed by atoms with Crippen molar-refractivity contribution in [3.63, 3.8) is 0 Å². The molecular weight excluding hydrogens is 262 g/mol. The van der Waals surface area contributed by atoms with Crippen molar-refractivity contribution >= 4 is 5.78 Å². The molecule has 0 atom stereocenters. The summed E-state index contributed by atoms with van der Waals surface area (Å²) in [6.45, 7) is 8.62. The van der Waals surface area contributed by atoms with Gasteiger partial charge in [-0.15, -0.1) is 0 Å². The minimum Gasteiger partial charge on any atom is -0.485 e. The number of benzene rings is 1. The Kier molecular flexibility index (Phi) is 4.21. The first-order valence-corrected chi connectivity index (χ1v) is 7.17. The maximum atomic E-state index is 12.1. The molecular formula is C18H23NO2. The van der Waals surface area contributed by atoms with Crippen molar-refractivity contribution in [3.8, 4) is 5.75 Å². The minimum absolute atomic E-state index is 0.0122. The molecule has 2 aromatic rings. The van der Waals surface area contributed by atoms with Crippen molar-refractivity contribution in [1.82, 2.24) is 4.57 Å². The summed E-state index contributed by atoms with van der Waals surface area (Å²) in [5, 5.41) is 0. The monoisotopic (exact) mass is 285 g/mol. The van der Waals surface area contributed by atoms with E-state index in [0.29, 0.717) is 5.69 Å². The van der Waals surface area contributed by atoms with Gasteiger partial charge in [0.05, 0.1) is 5.69 Å². The highest BCUT2D eigenvalue weighted by Crippen LogP contribution is 2.27. The minimum atomic E-state index is -0.0122. The predicted molar refractivity (Wildman–Crippen MR) is 85.1 cm³/mol. The van der Waals surface area contributed by atoms with Crippen LogP contribution in [0.5, 0.6) is 5.75 Å². The van der Waals surface area contributed by atoms with E-state index in [4.69, 9.17) is 4.74 Å². The standard InChI is InChI=1S/C18H23NO2/c1-13-11-14(18(2,3)4)8-9-17(13)21-12-16(20)15-7-6-10-19(15)5/h6-11H,12H2,1-5H3. The lowest BCUT2D eigenvalue weighted by Crippen LogP contribution is -2.15. The van der Waals surface area contributed by atoms with Crippen LogP contribution in [-0.4, -0.2) is 17.0 Å². The number of hydrogen-bond donors (Lipinski definition) is 0. The third kappa shape index (κ3) is 3.54. The number of aryl methyl sites for hydroxylation is 2. The number of carbonyl (C=O) groups excluding carboxylic acids is 1. The molecule has 3 heteroatoms. The van der Waals surface area contributed by atoms with Crippen LogP contribution in [0.1, 0.15) is 42.4 Å². The van der Waals surface area contributed by atoms with Gasteiger partial charge in [0.25, 0.3) is 0 Å². The topological polar surface area (TPSA) is 31.2 Å². The van der Waals surface area contributed by atoms with Gasteiger partial charge in [-0.1, -0.05) is 32.9 Å². The fraction of sp³-hybridized carbons (Fsp3) is 0.389. The van der Waals surface area contributed by atoms with Crippen molar-refractivity contribution in [2.45, 2.75) is 33.1 Å². The molecule has 0 aliphatic carbocycles. The second-order valence-electron chi connectivity index (χ2n) is 6.45.